The molecule has 0 aromatic heterocycles. The Balaban J connectivity index is 1.92. The maximum Gasteiger partial charge on any atom is 0.340 e. The number of likely N-dealkylation sites (tertiary alicyclic amines) is 1. The monoisotopic (exact) mass is 277 g/mol. The quantitative estimate of drug-likeness (QED) is 0.636. The third kappa shape index (κ3) is 3.87. The molecule has 1 aromatic carbocycles. The van der Waals surface area contributed by atoms with E-state index >= 15 is 0 Å². The Labute approximate surface area is 120 Å². The molecule has 20 heavy (non-hydrogen) atoms. The van der Waals surface area contributed by atoms with Gasteiger partial charge in [-0.3, -0.25) is 0 Å². The van der Waals surface area contributed by atoms with Crippen molar-refractivity contribution < 1.29 is 9.53 Å². The number of hydrogen-bond acceptors (Lipinski definition) is 5. The van der Waals surface area contributed by atoms with E-state index in [1.54, 1.807) is 12.1 Å². The van der Waals surface area contributed by atoms with Gasteiger partial charge < -0.3 is 20.7 Å². The van der Waals surface area contributed by atoms with Gasteiger partial charge in [-0.2, -0.15) is 0 Å². The van der Waals surface area contributed by atoms with Crippen LogP contribution in [0.1, 0.15) is 29.6 Å². The number of piperidine rings is 1. The van der Waals surface area contributed by atoms with Gasteiger partial charge in [0.05, 0.1) is 12.7 Å². The zero-order valence-electron chi connectivity index (χ0n) is 12.0. The second kappa shape index (κ2) is 7.14. The molecular weight excluding hydrogens is 254 g/mol. The lowest BCUT2D eigenvalue weighted by Gasteiger charge is -2.26. The van der Waals surface area contributed by atoms with Crippen LogP contribution >= 0.6 is 0 Å². The summed E-state index contributed by atoms with van der Waals surface area (Å²) < 4.78 is 4.78. The van der Waals surface area contributed by atoms with Crippen molar-refractivity contribution in [3.05, 3.63) is 23.8 Å². The minimum Gasteiger partial charge on any atom is -0.465 e. The number of benzene rings is 1. The second-order valence-corrected chi connectivity index (χ2v) is 5.13. The fourth-order valence-corrected chi connectivity index (χ4v) is 2.53. The van der Waals surface area contributed by atoms with Crippen molar-refractivity contribution in [2.75, 3.05) is 44.3 Å². The van der Waals surface area contributed by atoms with Crippen LogP contribution in [0.5, 0.6) is 0 Å². The van der Waals surface area contributed by atoms with E-state index in [0.29, 0.717) is 11.3 Å². The predicted octanol–water partition coefficient (Wildman–Crippen LogP) is 1.95. The van der Waals surface area contributed by atoms with Gasteiger partial charge in [-0.15, -0.1) is 0 Å². The van der Waals surface area contributed by atoms with E-state index in [9.17, 15) is 4.79 Å². The fourth-order valence-electron chi connectivity index (χ4n) is 2.53. The van der Waals surface area contributed by atoms with Crippen molar-refractivity contribution in [3.63, 3.8) is 0 Å². The minimum atomic E-state index is -0.363. The van der Waals surface area contributed by atoms with E-state index < -0.39 is 0 Å². The van der Waals surface area contributed by atoms with Gasteiger partial charge in [0.15, 0.2) is 0 Å². The molecule has 0 atom stereocenters. The average Bonchev–Trinajstić information content (AvgIpc) is 2.49. The average molecular weight is 277 g/mol. The third-order valence-corrected chi connectivity index (χ3v) is 3.64. The number of carbonyl (C=O) groups excluding carboxylic acids is 1. The first-order valence-corrected chi connectivity index (χ1v) is 7.15. The van der Waals surface area contributed by atoms with Crippen LogP contribution in [0, 0.1) is 0 Å². The molecule has 0 bridgehead atoms. The highest BCUT2D eigenvalue weighted by molar-refractivity contribution is 5.96. The van der Waals surface area contributed by atoms with Gasteiger partial charge >= 0.3 is 5.97 Å². The van der Waals surface area contributed by atoms with Crippen molar-refractivity contribution in [2.45, 2.75) is 19.3 Å². The van der Waals surface area contributed by atoms with E-state index in [4.69, 9.17) is 10.5 Å². The van der Waals surface area contributed by atoms with Crippen LogP contribution in [0.15, 0.2) is 18.2 Å². The van der Waals surface area contributed by atoms with Gasteiger partial charge in [0.2, 0.25) is 0 Å². The molecule has 0 radical (unpaired) electrons. The standard InChI is InChI=1S/C15H23N3O2/c1-20-15(19)13-11-12(16)5-6-14(13)17-7-10-18-8-3-2-4-9-18/h5-6,11,17H,2-4,7-10,16H2,1H3. The van der Waals surface area contributed by atoms with Crippen LogP contribution in [-0.4, -0.2) is 44.2 Å². The van der Waals surface area contributed by atoms with Crippen molar-refractivity contribution in [1.82, 2.24) is 4.90 Å². The molecule has 1 aliphatic heterocycles. The molecule has 1 fully saturated rings. The molecule has 5 heteroatoms. The first kappa shape index (κ1) is 14.7. The van der Waals surface area contributed by atoms with E-state index in [-0.39, 0.29) is 5.97 Å². The highest BCUT2D eigenvalue weighted by Gasteiger charge is 2.13. The highest BCUT2D eigenvalue weighted by atomic mass is 16.5. The number of nitrogens with zero attached hydrogens (tertiary/aromatic N) is 1. The summed E-state index contributed by atoms with van der Waals surface area (Å²) >= 11 is 0. The predicted molar refractivity (Wildman–Crippen MR) is 81.0 cm³/mol. The van der Waals surface area contributed by atoms with E-state index in [0.717, 1.165) is 18.8 Å². The molecule has 0 unspecified atom stereocenters. The summed E-state index contributed by atoms with van der Waals surface area (Å²) in [6.07, 6.45) is 3.92. The van der Waals surface area contributed by atoms with Gasteiger partial charge in [0, 0.05) is 24.5 Å². The number of nitrogens with two attached hydrogens (primary N) is 1. The first-order chi connectivity index (χ1) is 9.70. The third-order valence-electron chi connectivity index (χ3n) is 3.64. The number of rotatable bonds is 5. The van der Waals surface area contributed by atoms with Crippen molar-refractivity contribution in [2.24, 2.45) is 0 Å². The Morgan fingerprint density at radius 1 is 1.35 bits per heavy atom. The Morgan fingerprint density at radius 3 is 2.80 bits per heavy atom. The lowest BCUT2D eigenvalue weighted by atomic mass is 10.1. The van der Waals surface area contributed by atoms with Crippen molar-refractivity contribution >= 4 is 17.3 Å². The molecule has 0 saturated carbocycles. The summed E-state index contributed by atoms with van der Waals surface area (Å²) in [6, 6.07) is 5.27. The van der Waals surface area contributed by atoms with Crippen molar-refractivity contribution in [3.8, 4) is 0 Å². The molecule has 0 amide bonds. The molecule has 0 spiro atoms. The lowest BCUT2D eigenvalue weighted by Crippen LogP contribution is -2.33. The Kier molecular flexibility index (Phi) is 5.24. The Bertz CT molecular complexity index is 456. The van der Waals surface area contributed by atoms with E-state index in [1.807, 2.05) is 6.07 Å². The molecule has 1 aliphatic rings. The second-order valence-electron chi connectivity index (χ2n) is 5.13. The SMILES string of the molecule is COC(=O)c1cc(N)ccc1NCCN1CCCCC1. The number of nitrogens with one attached hydrogen (secondary N) is 1. The molecule has 2 rings (SSSR count). The number of hydrogen-bond donors (Lipinski definition) is 2. The topological polar surface area (TPSA) is 67.6 Å². The molecule has 3 N–H and O–H groups in total. The summed E-state index contributed by atoms with van der Waals surface area (Å²) in [5, 5.41) is 3.30. The van der Waals surface area contributed by atoms with Gasteiger partial charge in [-0.1, -0.05) is 6.42 Å². The summed E-state index contributed by atoms with van der Waals surface area (Å²) in [5.74, 6) is -0.363. The van der Waals surface area contributed by atoms with Gasteiger partial charge in [-0.05, 0) is 44.1 Å². The van der Waals surface area contributed by atoms with E-state index in [1.165, 1.54) is 39.5 Å². The van der Waals surface area contributed by atoms with E-state index in [2.05, 4.69) is 10.2 Å². The van der Waals surface area contributed by atoms with Gasteiger partial charge in [0.25, 0.3) is 0 Å². The smallest absolute Gasteiger partial charge is 0.340 e. The maximum absolute atomic E-state index is 11.7. The van der Waals surface area contributed by atoms with Crippen LogP contribution in [0.25, 0.3) is 0 Å². The number of methoxy groups -OCH3 is 1. The Morgan fingerprint density at radius 2 is 2.10 bits per heavy atom. The van der Waals surface area contributed by atoms with Crippen LogP contribution in [0.3, 0.4) is 0 Å². The molecular formula is C15H23N3O2. The molecule has 1 heterocycles. The zero-order valence-corrected chi connectivity index (χ0v) is 12.0. The highest BCUT2D eigenvalue weighted by Crippen LogP contribution is 2.19. The molecule has 0 aliphatic carbocycles. The molecule has 1 saturated heterocycles. The normalized spacial score (nSPS) is 15.8. The molecule has 110 valence electrons. The van der Waals surface area contributed by atoms with Crippen LogP contribution in [0.2, 0.25) is 0 Å². The number of anilines is 2. The Hall–Kier alpha value is -1.75. The minimum absolute atomic E-state index is 0.363. The number of nitrogen functional groups attached to an aromatic ring is 1. The summed E-state index contributed by atoms with van der Waals surface area (Å²) in [7, 11) is 1.38. The largest absolute Gasteiger partial charge is 0.465 e. The lowest BCUT2D eigenvalue weighted by molar-refractivity contribution is 0.0602. The van der Waals surface area contributed by atoms with Crippen LogP contribution < -0.4 is 11.1 Å². The first-order valence-electron chi connectivity index (χ1n) is 7.15. The number of carbonyl (C=O) groups is 1. The number of ether oxygens (including phenoxy) is 1. The molecule has 1 aromatic rings. The van der Waals surface area contributed by atoms with Gasteiger partial charge in [0.1, 0.15) is 0 Å². The summed E-state index contributed by atoms with van der Waals surface area (Å²) in [5.41, 5.74) is 7.56. The summed E-state index contributed by atoms with van der Waals surface area (Å²) in [6.45, 7) is 4.15. The van der Waals surface area contributed by atoms with Crippen LogP contribution in [0.4, 0.5) is 11.4 Å². The van der Waals surface area contributed by atoms with Crippen LogP contribution in [-0.2, 0) is 4.74 Å². The number of esters is 1. The summed E-state index contributed by atoms with van der Waals surface area (Å²) in [4.78, 5) is 14.2. The van der Waals surface area contributed by atoms with Crippen molar-refractivity contribution in [1.29, 1.82) is 0 Å². The zero-order chi connectivity index (χ0) is 14.4. The fraction of sp³-hybridized carbons (Fsp3) is 0.533. The maximum atomic E-state index is 11.7. The molecule has 5 nitrogen and oxygen atoms in total. The van der Waals surface area contributed by atoms with Gasteiger partial charge in [-0.25, -0.2) is 4.79 Å².